The largest absolute Gasteiger partial charge is 0.478 e. The van der Waals surface area contributed by atoms with E-state index in [4.69, 9.17) is 5.73 Å². The van der Waals surface area contributed by atoms with Gasteiger partial charge >= 0.3 is 5.97 Å². The highest BCUT2D eigenvalue weighted by Crippen LogP contribution is 2.40. The molecule has 0 aromatic heterocycles. The van der Waals surface area contributed by atoms with Gasteiger partial charge in [-0.15, -0.1) is 0 Å². The van der Waals surface area contributed by atoms with E-state index in [0.717, 1.165) is 54.1 Å². The molecule has 0 fully saturated rings. The van der Waals surface area contributed by atoms with E-state index in [1.54, 1.807) is 0 Å². The number of carbonyl (C=O) groups is 1. The molecule has 3 rings (SSSR count). The Bertz CT molecular complexity index is 887. The van der Waals surface area contributed by atoms with Crippen molar-refractivity contribution in [3.05, 3.63) is 70.9 Å². The lowest BCUT2D eigenvalue weighted by Crippen LogP contribution is -2.37. The smallest absolute Gasteiger partial charge is 0.337 e. The quantitative estimate of drug-likeness (QED) is 0.717. The van der Waals surface area contributed by atoms with Crippen LogP contribution in [0.3, 0.4) is 0 Å². The van der Waals surface area contributed by atoms with Crippen LogP contribution in [0.2, 0.25) is 0 Å². The summed E-state index contributed by atoms with van der Waals surface area (Å²) < 4.78 is 0. The molecule has 148 valence electrons. The first-order valence-corrected chi connectivity index (χ1v) is 9.84. The second-order valence-electron chi connectivity index (χ2n) is 7.22. The number of fused-ring (bicyclic) bond motifs is 1. The maximum absolute atomic E-state index is 11.9. The summed E-state index contributed by atoms with van der Waals surface area (Å²) >= 11 is 0. The minimum atomic E-state index is -0.896. The first kappa shape index (κ1) is 20.0. The van der Waals surface area contributed by atoms with Gasteiger partial charge in [-0.1, -0.05) is 44.2 Å². The number of hydrogen-bond donors (Lipinski definition) is 2. The normalized spacial score (nSPS) is 16.1. The summed E-state index contributed by atoms with van der Waals surface area (Å²) in [5, 5.41) is 9.80. The number of carboxylic acids is 1. The molecule has 5 nitrogen and oxygen atoms in total. The van der Waals surface area contributed by atoms with Crippen molar-refractivity contribution in [3.63, 3.8) is 0 Å². The average molecular weight is 380 g/mol. The third-order valence-corrected chi connectivity index (χ3v) is 5.56. The van der Waals surface area contributed by atoms with Crippen LogP contribution in [0.25, 0.3) is 5.57 Å². The van der Waals surface area contributed by atoms with E-state index in [2.05, 4.69) is 36.6 Å². The molecule has 1 aliphatic rings. The zero-order valence-corrected chi connectivity index (χ0v) is 16.9. The molecular weight excluding hydrogens is 350 g/mol. The molecule has 28 heavy (non-hydrogen) atoms. The van der Waals surface area contributed by atoms with Crippen molar-refractivity contribution in [2.75, 3.05) is 31.9 Å². The van der Waals surface area contributed by atoms with E-state index in [1.807, 2.05) is 42.6 Å². The molecule has 2 aromatic rings. The number of nitrogens with two attached hydrogens (primary N) is 1. The highest BCUT2D eigenvalue weighted by Gasteiger charge is 2.31. The summed E-state index contributed by atoms with van der Waals surface area (Å²) in [4.78, 5) is 16.5. The van der Waals surface area contributed by atoms with Crippen molar-refractivity contribution >= 4 is 17.2 Å². The van der Waals surface area contributed by atoms with Crippen LogP contribution in [0.4, 0.5) is 5.69 Å². The molecule has 0 amide bonds. The van der Waals surface area contributed by atoms with E-state index >= 15 is 0 Å². The Labute approximate surface area is 167 Å². The molecular formula is C23H29N3O2. The zero-order valence-electron chi connectivity index (χ0n) is 16.9. The van der Waals surface area contributed by atoms with Crippen molar-refractivity contribution < 1.29 is 9.90 Å². The third-order valence-electron chi connectivity index (χ3n) is 5.56. The number of carboxylic acid groups (broad SMARTS) is 1. The minimum Gasteiger partial charge on any atom is -0.478 e. The van der Waals surface area contributed by atoms with E-state index in [1.165, 1.54) is 0 Å². The molecule has 1 heterocycles. The third kappa shape index (κ3) is 3.90. The Morgan fingerprint density at radius 2 is 1.86 bits per heavy atom. The first-order valence-electron chi connectivity index (χ1n) is 9.84. The van der Waals surface area contributed by atoms with Gasteiger partial charge in [0.05, 0.1) is 11.6 Å². The molecule has 1 aliphatic heterocycles. The highest BCUT2D eigenvalue weighted by molar-refractivity contribution is 6.16. The standard InChI is InChI=1S/C23H29N3O2/c1-4-25(5-2)12-13-26-15-21(23(27)28)19-8-6-7-9-20(19)22(26)18-11-10-17(24)14-16(18)3/h6-11,14-15,22H,4-5,12-13,24H2,1-3H3,(H,27,28). The van der Waals surface area contributed by atoms with E-state index in [0.29, 0.717) is 5.57 Å². The Balaban J connectivity index is 2.10. The van der Waals surface area contributed by atoms with Crippen molar-refractivity contribution in [1.29, 1.82) is 0 Å². The molecule has 0 spiro atoms. The van der Waals surface area contributed by atoms with Crippen LogP contribution in [0, 0.1) is 6.92 Å². The van der Waals surface area contributed by atoms with E-state index < -0.39 is 5.97 Å². The van der Waals surface area contributed by atoms with Crippen molar-refractivity contribution in [1.82, 2.24) is 9.80 Å². The van der Waals surface area contributed by atoms with Crippen LogP contribution in [0.1, 0.15) is 42.1 Å². The van der Waals surface area contributed by atoms with Gasteiger partial charge in [0, 0.05) is 25.0 Å². The number of aryl methyl sites for hydroxylation is 1. The minimum absolute atomic E-state index is 0.0320. The van der Waals surface area contributed by atoms with Crippen LogP contribution in [-0.4, -0.2) is 47.1 Å². The lowest BCUT2D eigenvalue weighted by Gasteiger charge is -2.38. The van der Waals surface area contributed by atoms with Gasteiger partial charge in [0.2, 0.25) is 0 Å². The summed E-state index contributed by atoms with van der Waals surface area (Å²) in [5.74, 6) is -0.896. The fourth-order valence-corrected chi connectivity index (χ4v) is 3.98. The second kappa shape index (κ2) is 8.48. The number of likely N-dealkylation sites (N-methyl/N-ethyl adjacent to an activating group) is 1. The molecule has 0 saturated heterocycles. The molecule has 5 heteroatoms. The Morgan fingerprint density at radius 3 is 2.50 bits per heavy atom. The lowest BCUT2D eigenvalue weighted by atomic mass is 9.85. The van der Waals surface area contributed by atoms with Crippen LogP contribution in [0.15, 0.2) is 48.7 Å². The first-order chi connectivity index (χ1) is 13.5. The SMILES string of the molecule is CCN(CC)CCN1C=C(C(=O)O)c2ccccc2C1c1ccc(N)cc1C. The number of nitrogen functional groups attached to an aromatic ring is 1. The van der Waals surface area contributed by atoms with Crippen LogP contribution >= 0.6 is 0 Å². The van der Waals surface area contributed by atoms with Gasteiger partial charge in [-0.3, -0.25) is 0 Å². The summed E-state index contributed by atoms with van der Waals surface area (Å²) in [6, 6.07) is 13.7. The molecule has 0 saturated carbocycles. The van der Waals surface area contributed by atoms with Gasteiger partial charge in [-0.05, 0) is 54.4 Å². The van der Waals surface area contributed by atoms with Crippen molar-refractivity contribution in [3.8, 4) is 0 Å². The van der Waals surface area contributed by atoms with E-state index in [9.17, 15) is 9.90 Å². The Hall–Kier alpha value is -2.79. The molecule has 0 aliphatic carbocycles. The molecule has 1 unspecified atom stereocenters. The summed E-state index contributed by atoms with van der Waals surface area (Å²) in [5.41, 5.74) is 11.1. The number of anilines is 1. The fourth-order valence-electron chi connectivity index (χ4n) is 3.98. The Kier molecular flexibility index (Phi) is 6.05. The molecule has 0 radical (unpaired) electrons. The fraction of sp³-hybridized carbons (Fsp3) is 0.348. The van der Waals surface area contributed by atoms with Gasteiger partial charge < -0.3 is 20.6 Å². The number of benzene rings is 2. The maximum Gasteiger partial charge on any atom is 0.337 e. The number of aliphatic carboxylic acids is 1. The van der Waals surface area contributed by atoms with Gasteiger partial charge in [-0.2, -0.15) is 0 Å². The van der Waals surface area contributed by atoms with Crippen molar-refractivity contribution in [2.45, 2.75) is 26.8 Å². The number of hydrogen-bond acceptors (Lipinski definition) is 4. The molecule has 0 bridgehead atoms. The van der Waals surface area contributed by atoms with Gasteiger partial charge in [-0.25, -0.2) is 4.79 Å². The molecule has 2 aromatic carbocycles. The van der Waals surface area contributed by atoms with Crippen molar-refractivity contribution in [2.24, 2.45) is 0 Å². The monoisotopic (exact) mass is 379 g/mol. The second-order valence-corrected chi connectivity index (χ2v) is 7.22. The van der Waals surface area contributed by atoms with Gasteiger partial charge in [0.1, 0.15) is 0 Å². The van der Waals surface area contributed by atoms with Crippen LogP contribution < -0.4 is 5.73 Å². The predicted molar refractivity (Wildman–Crippen MR) is 114 cm³/mol. The van der Waals surface area contributed by atoms with Gasteiger partial charge in [0.25, 0.3) is 0 Å². The zero-order chi connectivity index (χ0) is 20.3. The number of rotatable bonds is 7. The van der Waals surface area contributed by atoms with Crippen LogP contribution in [-0.2, 0) is 4.79 Å². The molecule has 1 atom stereocenters. The summed E-state index contributed by atoms with van der Waals surface area (Å²) in [6.45, 7) is 9.94. The topological polar surface area (TPSA) is 69.8 Å². The highest BCUT2D eigenvalue weighted by atomic mass is 16.4. The predicted octanol–water partition coefficient (Wildman–Crippen LogP) is 3.75. The Morgan fingerprint density at radius 1 is 1.14 bits per heavy atom. The summed E-state index contributed by atoms with van der Waals surface area (Å²) in [6.07, 6.45) is 1.81. The summed E-state index contributed by atoms with van der Waals surface area (Å²) in [7, 11) is 0. The molecule has 3 N–H and O–H groups in total. The van der Waals surface area contributed by atoms with Gasteiger partial charge in [0.15, 0.2) is 0 Å². The maximum atomic E-state index is 11.9. The van der Waals surface area contributed by atoms with Crippen LogP contribution in [0.5, 0.6) is 0 Å². The lowest BCUT2D eigenvalue weighted by molar-refractivity contribution is -0.130. The number of nitrogens with zero attached hydrogens (tertiary/aromatic N) is 2. The average Bonchev–Trinajstić information content (AvgIpc) is 2.68. The van der Waals surface area contributed by atoms with E-state index in [-0.39, 0.29) is 6.04 Å².